The lowest BCUT2D eigenvalue weighted by Gasteiger charge is -2.25. The van der Waals surface area contributed by atoms with E-state index in [0.717, 1.165) is 24.1 Å². The molecular formula is C11H18NO2P. The molecule has 1 unspecified atom stereocenters. The van der Waals surface area contributed by atoms with Gasteiger partial charge in [-0.3, -0.25) is 4.67 Å². The third kappa shape index (κ3) is 2.91. The largest absolute Gasteiger partial charge is 0.496 e. The Bertz CT molecular complexity index is 302. The molecule has 0 saturated heterocycles. The zero-order valence-electron chi connectivity index (χ0n) is 9.47. The number of nitrogens with zero attached hydrogens (tertiary/aromatic N) is 1. The quantitative estimate of drug-likeness (QED) is 0.780. The highest BCUT2D eigenvalue weighted by Crippen LogP contribution is 2.36. The third-order valence-corrected chi connectivity index (χ3v) is 4.20. The summed E-state index contributed by atoms with van der Waals surface area (Å²) in [7, 11) is 0.372. The summed E-state index contributed by atoms with van der Waals surface area (Å²) in [6.45, 7) is 5.78. The fourth-order valence-corrected chi connectivity index (χ4v) is 2.86. The van der Waals surface area contributed by atoms with Gasteiger partial charge in [0.05, 0.1) is 12.4 Å². The number of rotatable bonds is 5. The minimum Gasteiger partial charge on any atom is -0.496 e. The van der Waals surface area contributed by atoms with Gasteiger partial charge in [0, 0.05) is 13.1 Å². The van der Waals surface area contributed by atoms with Crippen molar-refractivity contribution in [3.8, 4) is 5.75 Å². The lowest BCUT2D eigenvalue weighted by Crippen LogP contribution is -2.23. The molecule has 84 valence electrons. The number of methoxy groups -OCH3 is 1. The summed E-state index contributed by atoms with van der Waals surface area (Å²) in [5.74, 6) is 0.762. The Kier molecular flexibility index (Phi) is 5.03. The van der Waals surface area contributed by atoms with Gasteiger partial charge in [0.2, 0.25) is 0 Å². The van der Waals surface area contributed by atoms with Crippen molar-refractivity contribution >= 4 is 13.6 Å². The Morgan fingerprint density at radius 2 is 1.87 bits per heavy atom. The van der Waals surface area contributed by atoms with Crippen LogP contribution in [-0.4, -0.2) is 29.8 Å². The van der Waals surface area contributed by atoms with Crippen LogP contribution in [0.25, 0.3) is 0 Å². The maximum absolute atomic E-state index is 10.2. The van der Waals surface area contributed by atoms with Gasteiger partial charge in [-0.25, -0.2) is 0 Å². The van der Waals surface area contributed by atoms with E-state index < -0.39 is 8.30 Å². The number of para-hydroxylation sites is 1. The van der Waals surface area contributed by atoms with E-state index in [0.29, 0.717) is 0 Å². The van der Waals surface area contributed by atoms with Gasteiger partial charge in [0.15, 0.2) is 0 Å². The minimum absolute atomic E-state index is 0.762. The maximum Gasteiger partial charge on any atom is 0.138 e. The first-order chi connectivity index (χ1) is 7.24. The predicted molar refractivity (Wildman–Crippen MR) is 64.7 cm³/mol. The Morgan fingerprint density at radius 1 is 1.27 bits per heavy atom. The zero-order valence-corrected chi connectivity index (χ0v) is 10.4. The Hall–Kier alpha value is -0.630. The van der Waals surface area contributed by atoms with E-state index in [2.05, 4.69) is 0 Å². The van der Waals surface area contributed by atoms with Crippen LogP contribution in [0, 0.1) is 0 Å². The second-order valence-corrected chi connectivity index (χ2v) is 4.73. The molecule has 0 aliphatic heterocycles. The summed E-state index contributed by atoms with van der Waals surface area (Å²) >= 11 is 0. The minimum atomic E-state index is -1.26. The highest BCUT2D eigenvalue weighted by Gasteiger charge is 2.18. The molecule has 0 aliphatic carbocycles. The molecule has 1 atom stereocenters. The van der Waals surface area contributed by atoms with Crippen molar-refractivity contribution in [2.45, 2.75) is 13.8 Å². The highest BCUT2D eigenvalue weighted by molar-refractivity contribution is 7.57. The molecule has 1 N–H and O–H groups in total. The molecule has 15 heavy (non-hydrogen) atoms. The molecule has 0 aromatic heterocycles. The van der Waals surface area contributed by atoms with Crippen LogP contribution in [0.2, 0.25) is 0 Å². The molecule has 0 bridgehead atoms. The first kappa shape index (κ1) is 12.4. The SMILES string of the molecule is CCN(CC)P(O)c1ccccc1OC. The highest BCUT2D eigenvalue weighted by atomic mass is 31.2. The van der Waals surface area contributed by atoms with Gasteiger partial charge in [-0.1, -0.05) is 26.0 Å². The molecule has 0 radical (unpaired) electrons. The Labute approximate surface area is 92.6 Å². The van der Waals surface area contributed by atoms with E-state index in [4.69, 9.17) is 4.74 Å². The first-order valence-corrected chi connectivity index (χ1v) is 6.36. The van der Waals surface area contributed by atoms with Crippen molar-refractivity contribution in [3.63, 3.8) is 0 Å². The predicted octanol–water partition coefficient (Wildman–Crippen LogP) is 1.97. The molecule has 1 aromatic rings. The summed E-state index contributed by atoms with van der Waals surface area (Å²) in [4.78, 5) is 10.2. The first-order valence-electron chi connectivity index (χ1n) is 5.11. The fourth-order valence-electron chi connectivity index (χ4n) is 1.44. The molecule has 0 heterocycles. The molecule has 0 fully saturated rings. The second-order valence-electron chi connectivity index (χ2n) is 3.10. The van der Waals surface area contributed by atoms with Crippen LogP contribution >= 0.6 is 8.30 Å². The van der Waals surface area contributed by atoms with E-state index in [1.54, 1.807) is 7.11 Å². The summed E-state index contributed by atoms with van der Waals surface area (Å²) in [6.07, 6.45) is 0. The maximum atomic E-state index is 10.2. The van der Waals surface area contributed by atoms with Gasteiger partial charge in [-0.05, 0) is 12.1 Å². The van der Waals surface area contributed by atoms with Gasteiger partial charge >= 0.3 is 0 Å². The van der Waals surface area contributed by atoms with Gasteiger partial charge in [0.1, 0.15) is 14.0 Å². The van der Waals surface area contributed by atoms with Crippen LogP contribution in [0.1, 0.15) is 13.8 Å². The fraction of sp³-hybridized carbons (Fsp3) is 0.455. The van der Waals surface area contributed by atoms with E-state index in [9.17, 15) is 4.89 Å². The molecule has 4 heteroatoms. The van der Waals surface area contributed by atoms with Crippen LogP contribution in [0.3, 0.4) is 0 Å². The standard InChI is InChI=1S/C11H18NO2P/c1-4-12(5-2)15(13)11-9-7-6-8-10(11)14-3/h6-9,13H,4-5H2,1-3H3. The normalized spacial score (nSPS) is 12.9. The van der Waals surface area contributed by atoms with Crippen molar-refractivity contribution in [2.24, 2.45) is 0 Å². The molecule has 0 aliphatic rings. The summed E-state index contributed by atoms with van der Waals surface area (Å²) in [5.41, 5.74) is 0. The van der Waals surface area contributed by atoms with Crippen LogP contribution in [-0.2, 0) is 0 Å². The van der Waals surface area contributed by atoms with Crippen molar-refractivity contribution in [1.29, 1.82) is 0 Å². The van der Waals surface area contributed by atoms with Crippen molar-refractivity contribution in [3.05, 3.63) is 24.3 Å². The second kappa shape index (κ2) is 6.06. The lowest BCUT2D eigenvalue weighted by molar-refractivity contribution is 0.414. The van der Waals surface area contributed by atoms with Crippen molar-refractivity contribution in [2.75, 3.05) is 20.2 Å². The molecule has 3 nitrogen and oxygen atoms in total. The molecular weight excluding hydrogens is 209 g/mol. The van der Waals surface area contributed by atoms with E-state index in [1.165, 1.54) is 0 Å². The summed E-state index contributed by atoms with van der Waals surface area (Å²) < 4.78 is 7.27. The summed E-state index contributed by atoms with van der Waals surface area (Å²) in [5, 5.41) is 0.888. The van der Waals surface area contributed by atoms with Crippen LogP contribution in [0.5, 0.6) is 5.75 Å². The van der Waals surface area contributed by atoms with E-state index in [1.807, 2.05) is 42.8 Å². The van der Waals surface area contributed by atoms with Gasteiger partial charge in [0.25, 0.3) is 0 Å². The molecule has 1 aromatic carbocycles. The lowest BCUT2D eigenvalue weighted by atomic mass is 10.3. The van der Waals surface area contributed by atoms with E-state index in [-0.39, 0.29) is 0 Å². The average Bonchev–Trinajstić information content (AvgIpc) is 2.30. The number of ether oxygens (including phenoxy) is 1. The Balaban J connectivity index is 2.93. The summed E-state index contributed by atoms with van der Waals surface area (Å²) in [6, 6.07) is 7.63. The molecule has 0 saturated carbocycles. The number of hydrogen-bond acceptors (Lipinski definition) is 3. The molecule has 0 amide bonds. The van der Waals surface area contributed by atoms with Crippen LogP contribution in [0.15, 0.2) is 24.3 Å². The molecule has 1 rings (SSSR count). The smallest absolute Gasteiger partial charge is 0.138 e. The Morgan fingerprint density at radius 3 is 2.40 bits per heavy atom. The van der Waals surface area contributed by atoms with Crippen LogP contribution in [0.4, 0.5) is 0 Å². The van der Waals surface area contributed by atoms with Crippen molar-refractivity contribution in [1.82, 2.24) is 4.67 Å². The monoisotopic (exact) mass is 227 g/mol. The topological polar surface area (TPSA) is 32.7 Å². The average molecular weight is 227 g/mol. The number of hydrogen-bond donors (Lipinski definition) is 1. The molecule has 0 spiro atoms. The number of benzene rings is 1. The van der Waals surface area contributed by atoms with Crippen molar-refractivity contribution < 1.29 is 9.63 Å². The zero-order chi connectivity index (χ0) is 11.3. The third-order valence-electron chi connectivity index (χ3n) is 2.30. The van der Waals surface area contributed by atoms with E-state index >= 15 is 0 Å². The van der Waals surface area contributed by atoms with Gasteiger partial charge in [-0.2, -0.15) is 0 Å². The van der Waals surface area contributed by atoms with Gasteiger partial charge in [-0.15, -0.1) is 0 Å². The van der Waals surface area contributed by atoms with Gasteiger partial charge < -0.3 is 9.63 Å². The van der Waals surface area contributed by atoms with Crippen LogP contribution < -0.4 is 10.0 Å².